The van der Waals surface area contributed by atoms with Gasteiger partial charge in [0.15, 0.2) is 17.1 Å². The smallest absolute Gasteiger partial charge is 0.271 e. The molecule has 2 bridgehead atoms. The number of furan rings is 1. The maximum absolute atomic E-state index is 13.6. The second kappa shape index (κ2) is 6.45. The van der Waals surface area contributed by atoms with Crippen LogP contribution in [-0.4, -0.2) is 56.3 Å². The van der Waals surface area contributed by atoms with Crippen LogP contribution >= 0.6 is 0 Å². The van der Waals surface area contributed by atoms with Crippen LogP contribution in [0.4, 0.5) is 0 Å². The Hall–Kier alpha value is -3.20. The van der Waals surface area contributed by atoms with Gasteiger partial charge >= 0.3 is 0 Å². The highest BCUT2D eigenvalue weighted by molar-refractivity contribution is 5.99. The Kier molecular flexibility index (Phi) is 3.90. The summed E-state index contributed by atoms with van der Waals surface area (Å²) in [5, 5.41) is 3.40. The first-order valence-corrected chi connectivity index (χ1v) is 9.38. The van der Waals surface area contributed by atoms with Gasteiger partial charge in [-0.25, -0.2) is 9.97 Å². The fourth-order valence-electron chi connectivity index (χ4n) is 4.31. The van der Waals surface area contributed by atoms with Gasteiger partial charge < -0.3 is 20.4 Å². The molecule has 0 radical (unpaired) electrons. The number of hydrogen-bond donors (Lipinski definition) is 2. The number of fused-ring (bicyclic) bond motifs is 3. The lowest BCUT2D eigenvalue weighted by molar-refractivity contribution is 0.0672. The van der Waals surface area contributed by atoms with Gasteiger partial charge in [-0.05, 0) is 44.0 Å². The maximum atomic E-state index is 13.6. The average molecular weight is 380 g/mol. The van der Waals surface area contributed by atoms with E-state index in [4.69, 9.17) is 10.2 Å². The molecule has 2 aliphatic heterocycles. The first kappa shape index (κ1) is 16.9. The third-order valence-electron chi connectivity index (χ3n) is 5.62. The molecule has 3 aromatic heterocycles. The minimum absolute atomic E-state index is 0.0305. The van der Waals surface area contributed by atoms with E-state index in [9.17, 15) is 9.59 Å². The number of hydrogen-bond acceptors (Lipinski definition) is 6. The van der Waals surface area contributed by atoms with Crippen molar-refractivity contribution in [3.05, 3.63) is 42.2 Å². The predicted molar refractivity (Wildman–Crippen MR) is 99.7 cm³/mol. The molecule has 2 saturated heterocycles. The molecule has 0 spiro atoms. The molecule has 3 aromatic rings. The van der Waals surface area contributed by atoms with Gasteiger partial charge in [-0.15, -0.1) is 0 Å². The Morgan fingerprint density at radius 1 is 1.25 bits per heavy atom. The van der Waals surface area contributed by atoms with E-state index in [1.807, 2.05) is 4.90 Å². The molecule has 144 valence electrons. The van der Waals surface area contributed by atoms with Crippen molar-refractivity contribution < 1.29 is 14.0 Å². The van der Waals surface area contributed by atoms with Gasteiger partial charge in [0.2, 0.25) is 0 Å². The molecule has 28 heavy (non-hydrogen) atoms. The molecular formula is C19H20N6O3. The van der Waals surface area contributed by atoms with Crippen molar-refractivity contribution in [2.24, 2.45) is 5.73 Å². The van der Waals surface area contributed by atoms with Crippen molar-refractivity contribution >= 4 is 17.5 Å². The fraction of sp³-hybridized carbons (Fsp3) is 0.368. The maximum Gasteiger partial charge on any atom is 0.271 e. The quantitative estimate of drug-likeness (QED) is 0.701. The summed E-state index contributed by atoms with van der Waals surface area (Å²) in [5.74, 6) is -0.275. The highest BCUT2D eigenvalue weighted by atomic mass is 16.3. The first-order chi connectivity index (χ1) is 13.6. The van der Waals surface area contributed by atoms with E-state index in [2.05, 4.69) is 15.3 Å². The largest absolute Gasteiger partial charge is 0.463 e. The van der Waals surface area contributed by atoms with E-state index < -0.39 is 5.91 Å². The molecule has 0 aromatic carbocycles. The zero-order chi connectivity index (χ0) is 19.3. The lowest BCUT2D eigenvalue weighted by atomic mass is 10.1. The normalized spacial score (nSPS) is 21.8. The molecule has 3 N–H and O–H groups in total. The van der Waals surface area contributed by atoms with E-state index >= 15 is 0 Å². The van der Waals surface area contributed by atoms with Gasteiger partial charge in [0, 0.05) is 18.6 Å². The molecule has 2 aliphatic rings. The van der Waals surface area contributed by atoms with Crippen LogP contribution in [0.1, 0.15) is 40.2 Å². The summed E-state index contributed by atoms with van der Waals surface area (Å²) in [5.41, 5.74) is 6.60. The average Bonchev–Trinajstić information content (AvgIpc) is 3.38. The van der Waals surface area contributed by atoms with Gasteiger partial charge in [0.1, 0.15) is 17.7 Å². The number of aromatic nitrogens is 3. The van der Waals surface area contributed by atoms with Crippen LogP contribution in [0.25, 0.3) is 17.1 Å². The summed E-state index contributed by atoms with van der Waals surface area (Å²) in [4.78, 5) is 35.9. The predicted octanol–water partition coefficient (Wildman–Crippen LogP) is 1.05. The van der Waals surface area contributed by atoms with E-state index in [1.54, 1.807) is 22.6 Å². The van der Waals surface area contributed by atoms with Crippen molar-refractivity contribution in [2.45, 2.75) is 31.3 Å². The number of imidazole rings is 1. The van der Waals surface area contributed by atoms with Gasteiger partial charge in [-0.3, -0.25) is 14.0 Å². The molecule has 5 heterocycles. The summed E-state index contributed by atoms with van der Waals surface area (Å²) in [7, 11) is 0. The molecule has 5 rings (SSSR count). The van der Waals surface area contributed by atoms with E-state index in [0.29, 0.717) is 17.1 Å². The van der Waals surface area contributed by atoms with Crippen LogP contribution in [0.2, 0.25) is 0 Å². The molecule has 2 unspecified atom stereocenters. The highest BCUT2D eigenvalue weighted by Crippen LogP contribution is 2.31. The third kappa shape index (κ3) is 2.58. The lowest BCUT2D eigenvalue weighted by Crippen LogP contribution is -2.43. The number of carbonyl (C=O) groups is 2. The monoisotopic (exact) mass is 380 g/mol. The zero-order valence-corrected chi connectivity index (χ0v) is 15.2. The summed E-state index contributed by atoms with van der Waals surface area (Å²) in [6, 6.07) is 5.57. The molecule has 9 heteroatoms. The van der Waals surface area contributed by atoms with Gasteiger partial charge in [-0.2, -0.15) is 0 Å². The molecule has 9 nitrogen and oxygen atoms in total. The zero-order valence-electron chi connectivity index (χ0n) is 15.2. The summed E-state index contributed by atoms with van der Waals surface area (Å²) in [6.07, 6.45) is 5.89. The standard InChI is InChI=1S/C19H20N6O3/c20-17(26)16-18-23-13(15-2-1-7-28-15)8-14(24(18)10-22-16)19(27)25-11-3-4-12(25)9-21-6-5-11/h1-2,7-8,10-12,21H,3-6,9H2,(H2,20,26). The van der Waals surface area contributed by atoms with Crippen LogP contribution in [0.5, 0.6) is 0 Å². The van der Waals surface area contributed by atoms with Gasteiger partial charge in [-0.1, -0.05) is 0 Å². The van der Waals surface area contributed by atoms with Crippen molar-refractivity contribution in [1.82, 2.24) is 24.6 Å². The van der Waals surface area contributed by atoms with Gasteiger partial charge in [0.05, 0.1) is 6.26 Å². The van der Waals surface area contributed by atoms with Crippen LogP contribution < -0.4 is 11.1 Å². The number of amides is 2. The van der Waals surface area contributed by atoms with Crippen LogP contribution in [0.15, 0.2) is 35.2 Å². The lowest BCUT2D eigenvalue weighted by Gasteiger charge is -2.28. The summed E-state index contributed by atoms with van der Waals surface area (Å²) < 4.78 is 7.01. The number of primary amides is 1. The fourth-order valence-corrected chi connectivity index (χ4v) is 4.31. The van der Waals surface area contributed by atoms with E-state index in [-0.39, 0.29) is 29.3 Å². The summed E-state index contributed by atoms with van der Waals surface area (Å²) >= 11 is 0. The number of nitrogens with two attached hydrogens (primary N) is 1. The Labute approximate surface area is 160 Å². The third-order valence-corrected chi connectivity index (χ3v) is 5.62. The number of nitrogens with zero attached hydrogens (tertiary/aromatic N) is 4. The minimum Gasteiger partial charge on any atom is -0.463 e. The molecule has 2 amide bonds. The second-order valence-electron chi connectivity index (χ2n) is 7.25. The Morgan fingerprint density at radius 2 is 2.11 bits per heavy atom. The van der Waals surface area contributed by atoms with Crippen LogP contribution in [0, 0.1) is 0 Å². The van der Waals surface area contributed by atoms with E-state index in [0.717, 1.165) is 32.4 Å². The molecule has 2 atom stereocenters. The van der Waals surface area contributed by atoms with Crippen molar-refractivity contribution in [1.29, 1.82) is 0 Å². The topological polar surface area (TPSA) is 119 Å². The molecule has 2 fully saturated rings. The molecular weight excluding hydrogens is 360 g/mol. The van der Waals surface area contributed by atoms with Crippen molar-refractivity contribution in [3.63, 3.8) is 0 Å². The van der Waals surface area contributed by atoms with Gasteiger partial charge in [0.25, 0.3) is 11.8 Å². The Balaban J connectivity index is 1.67. The van der Waals surface area contributed by atoms with Crippen molar-refractivity contribution in [2.75, 3.05) is 13.1 Å². The number of nitrogens with one attached hydrogen (secondary N) is 1. The molecule has 0 saturated carbocycles. The Bertz CT molecular complexity index is 1040. The highest BCUT2D eigenvalue weighted by Gasteiger charge is 2.39. The van der Waals surface area contributed by atoms with Crippen LogP contribution in [0.3, 0.4) is 0 Å². The number of rotatable bonds is 3. The molecule has 0 aliphatic carbocycles. The second-order valence-corrected chi connectivity index (χ2v) is 7.25. The Morgan fingerprint density at radius 3 is 2.89 bits per heavy atom. The minimum atomic E-state index is -0.691. The summed E-state index contributed by atoms with van der Waals surface area (Å²) in [6.45, 7) is 1.70. The number of carbonyl (C=O) groups excluding carboxylic acids is 2. The SMILES string of the molecule is NC(=O)c1ncn2c(C(=O)N3C4CCNCC3CC4)cc(-c3ccco3)nc12. The van der Waals surface area contributed by atoms with Crippen molar-refractivity contribution in [3.8, 4) is 11.5 Å². The van der Waals surface area contributed by atoms with E-state index in [1.165, 1.54) is 12.6 Å². The van der Waals surface area contributed by atoms with Crippen LogP contribution in [-0.2, 0) is 0 Å². The first-order valence-electron chi connectivity index (χ1n) is 9.38.